The molecule has 1 aromatic carbocycles. The lowest BCUT2D eigenvalue weighted by Gasteiger charge is -2.25. The van der Waals surface area contributed by atoms with Gasteiger partial charge >= 0.3 is 0 Å². The Labute approximate surface area is 173 Å². The van der Waals surface area contributed by atoms with E-state index in [9.17, 15) is 0 Å². The molecule has 0 bridgehead atoms. The molecule has 2 aromatic rings. The van der Waals surface area contributed by atoms with Crippen LogP contribution in [-0.2, 0) is 6.42 Å². The Morgan fingerprint density at radius 2 is 1.46 bits per heavy atom. The number of nitrogens with one attached hydrogen (secondary N) is 1. The number of aromatic nitrogens is 2. The molecule has 1 heterocycles. The zero-order chi connectivity index (χ0) is 19.9. The van der Waals surface area contributed by atoms with Gasteiger partial charge in [0, 0.05) is 5.92 Å². The van der Waals surface area contributed by atoms with Crippen LogP contribution in [0.3, 0.4) is 0 Å². The van der Waals surface area contributed by atoms with Gasteiger partial charge in [-0.1, -0.05) is 102 Å². The highest BCUT2D eigenvalue weighted by Gasteiger charge is 2.26. The summed E-state index contributed by atoms with van der Waals surface area (Å²) in [6.07, 6.45) is 24.1. The van der Waals surface area contributed by atoms with Gasteiger partial charge < -0.3 is 0 Å². The number of imidazole rings is 1. The van der Waals surface area contributed by atoms with E-state index in [4.69, 9.17) is 0 Å². The largest absolute Gasteiger partial charge is 0.250 e. The van der Waals surface area contributed by atoms with Gasteiger partial charge in [-0.2, -0.15) is 0 Å². The highest BCUT2D eigenvalue weighted by Crippen LogP contribution is 2.27. The van der Waals surface area contributed by atoms with E-state index in [0.717, 1.165) is 0 Å². The molecule has 0 amide bonds. The van der Waals surface area contributed by atoms with E-state index in [0.29, 0.717) is 12.0 Å². The van der Waals surface area contributed by atoms with E-state index >= 15 is 0 Å². The molecule has 2 heteroatoms. The summed E-state index contributed by atoms with van der Waals surface area (Å²) in [7, 11) is 0. The molecule has 0 radical (unpaired) electrons. The van der Waals surface area contributed by atoms with Crippen LogP contribution in [0.5, 0.6) is 0 Å². The average molecular weight is 384 g/mol. The zero-order valence-electron chi connectivity index (χ0n) is 18.4. The van der Waals surface area contributed by atoms with Crippen molar-refractivity contribution >= 4 is 0 Å². The number of aromatic amines is 1. The number of nitrogens with zero attached hydrogens (tertiary/aromatic N) is 1. The standard InChI is InChI=1S/C26H42N2/c1-3-5-6-7-8-9-10-11-15-19-26(28-21-20-27-23-28)25(16-4-2)22-24-17-13-12-14-18-24/h12-14,17-18,20-21,23,25-26H,3-11,15-16,19,22H2,1-2H3/p+1. The predicted octanol–water partition coefficient (Wildman–Crippen LogP) is 7.42. The van der Waals surface area contributed by atoms with Gasteiger partial charge in [-0.15, -0.1) is 0 Å². The quantitative estimate of drug-likeness (QED) is 0.230. The number of hydrogen-bond donors (Lipinski definition) is 1. The Bertz CT molecular complexity index is 576. The second-order valence-corrected chi connectivity index (χ2v) is 8.48. The maximum Gasteiger partial charge on any atom is 0.241 e. The fraction of sp³-hybridized carbons (Fsp3) is 0.654. The number of rotatable bonds is 16. The summed E-state index contributed by atoms with van der Waals surface area (Å²) in [6.45, 7) is 4.62. The minimum Gasteiger partial charge on any atom is -0.250 e. The van der Waals surface area contributed by atoms with Crippen molar-refractivity contribution in [1.29, 1.82) is 0 Å². The van der Waals surface area contributed by atoms with Gasteiger partial charge in [-0.25, -0.2) is 4.57 Å². The van der Waals surface area contributed by atoms with Crippen molar-refractivity contribution in [3.05, 3.63) is 54.6 Å². The van der Waals surface area contributed by atoms with Crippen molar-refractivity contribution in [2.75, 3.05) is 0 Å². The summed E-state index contributed by atoms with van der Waals surface area (Å²) < 4.78 is 2.44. The summed E-state index contributed by atoms with van der Waals surface area (Å²) in [5.41, 5.74) is 1.48. The van der Waals surface area contributed by atoms with E-state index in [1.165, 1.54) is 89.0 Å². The number of hydrogen-bond acceptors (Lipinski definition) is 0. The molecular formula is C26H43N2+. The topological polar surface area (TPSA) is 19.7 Å². The summed E-state index contributed by atoms with van der Waals surface area (Å²) in [4.78, 5) is 3.27. The molecule has 2 atom stereocenters. The molecule has 0 saturated carbocycles. The Kier molecular flexibility index (Phi) is 11.7. The molecule has 0 saturated heterocycles. The maximum atomic E-state index is 3.27. The van der Waals surface area contributed by atoms with Crippen LogP contribution in [0.25, 0.3) is 0 Å². The van der Waals surface area contributed by atoms with Crippen LogP contribution in [0.4, 0.5) is 0 Å². The van der Waals surface area contributed by atoms with Gasteiger partial charge in [0.25, 0.3) is 0 Å². The van der Waals surface area contributed by atoms with Crippen LogP contribution < -0.4 is 4.57 Å². The second kappa shape index (κ2) is 14.4. The lowest BCUT2D eigenvalue weighted by Crippen LogP contribution is -2.42. The Morgan fingerprint density at radius 1 is 0.786 bits per heavy atom. The van der Waals surface area contributed by atoms with Crippen molar-refractivity contribution in [3.8, 4) is 0 Å². The molecule has 0 fully saturated rings. The average Bonchev–Trinajstić information content (AvgIpc) is 3.24. The SMILES string of the molecule is CCCCCCCCCCCC(C(CCC)Cc1ccccc1)[n+]1cc[nH]c1. The monoisotopic (exact) mass is 383 g/mol. The molecule has 0 spiro atoms. The Balaban J connectivity index is 1.83. The fourth-order valence-electron chi connectivity index (χ4n) is 4.52. The molecule has 0 aliphatic heterocycles. The molecule has 0 aliphatic carbocycles. The second-order valence-electron chi connectivity index (χ2n) is 8.48. The minimum atomic E-state index is 0.607. The van der Waals surface area contributed by atoms with Crippen molar-refractivity contribution < 1.29 is 4.57 Å². The number of benzene rings is 1. The summed E-state index contributed by atoms with van der Waals surface area (Å²) in [6, 6.07) is 11.7. The van der Waals surface area contributed by atoms with Gasteiger partial charge in [-0.05, 0) is 31.2 Å². The molecule has 28 heavy (non-hydrogen) atoms. The zero-order valence-corrected chi connectivity index (χ0v) is 18.4. The molecule has 1 aromatic heterocycles. The van der Waals surface area contributed by atoms with Crippen LogP contribution in [0.15, 0.2) is 49.1 Å². The van der Waals surface area contributed by atoms with E-state index in [-0.39, 0.29) is 0 Å². The molecule has 1 N–H and O–H groups in total. The predicted molar refractivity (Wildman–Crippen MR) is 120 cm³/mol. The minimum absolute atomic E-state index is 0.607. The highest BCUT2D eigenvalue weighted by atomic mass is 15.1. The van der Waals surface area contributed by atoms with Gasteiger partial charge in [0.05, 0.1) is 0 Å². The van der Waals surface area contributed by atoms with Crippen molar-refractivity contribution in [3.63, 3.8) is 0 Å². The van der Waals surface area contributed by atoms with Crippen LogP contribution in [0.1, 0.15) is 103 Å². The van der Waals surface area contributed by atoms with Gasteiger partial charge in [-0.3, -0.25) is 4.98 Å². The van der Waals surface area contributed by atoms with Crippen molar-refractivity contribution in [2.24, 2.45) is 5.92 Å². The van der Waals surface area contributed by atoms with Gasteiger partial charge in [0.15, 0.2) is 0 Å². The van der Waals surface area contributed by atoms with E-state index in [2.05, 4.69) is 72.5 Å². The maximum absolute atomic E-state index is 3.27. The summed E-state index contributed by atoms with van der Waals surface area (Å²) >= 11 is 0. The van der Waals surface area contributed by atoms with E-state index in [1.807, 2.05) is 0 Å². The van der Waals surface area contributed by atoms with Crippen LogP contribution >= 0.6 is 0 Å². The lowest BCUT2D eigenvalue weighted by molar-refractivity contribution is -0.730. The summed E-state index contributed by atoms with van der Waals surface area (Å²) in [5, 5.41) is 0. The van der Waals surface area contributed by atoms with Crippen LogP contribution in [-0.4, -0.2) is 4.98 Å². The first-order valence-electron chi connectivity index (χ1n) is 11.9. The van der Waals surface area contributed by atoms with Crippen molar-refractivity contribution in [2.45, 2.75) is 103 Å². The van der Waals surface area contributed by atoms with Crippen LogP contribution in [0, 0.1) is 5.92 Å². The number of H-pyrrole nitrogens is 1. The first-order chi connectivity index (χ1) is 13.8. The molecule has 2 rings (SSSR count). The molecule has 2 unspecified atom stereocenters. The molecular weight excluding hydrogens is 340 g/mol. The number of unbranched alkanes of at least 4 members (excludes halogenated alkanes) is 8. The third-order valence-corrected chi connectivity index (χ3v) is 6.10. The van der Waals surface area contributed by atoms with Gasteiger partial charge in [0.2, 0.25) is 6.33 Å². The Morgan fingerprint density at radius 3 is 2.07 bits per heavy atom. The Hall–Kier alpha value is -1.57. The third kappa shape index (κ3) is 8.63. The van der Waals surface area contributed by atoms with E-state index < -0.39 is 0 Å². The lowest BCUT2D eigenvalue weighted by atomic mass is 9.85. The van der Waals surface area contributed by atoms with Gasteiger partial charge in [0.1, 0.15) is 18.4 Å². The van der Waals surface area contributed by atoms with Crippen molar-refractivity contribution in [1.82, 2.24) is 4.98 Å². The normalized spacial score (nSPS) is 13.5. The van der Waals surface area contributed by atoms with Crippen LogP contribution in [0.2, 0.25) is 0 Å². The molecule has 0 aliphatic rings. The van der Waals surface area contributed by atoms with E-state index in [1.54, 1.807) is 0 Å². The smallest absolute Gasteiger partial charge is 0.241 e. The third-order valence-electron chi connectivity index (χ3n) is 6.10. The summed E-state index contributed by atoms with van der Waals surface area (Å²) in [5.74, 6) is 0.710. The molecule has 156 valence electrons. The highest BCUT2D eigenvalue weighted by molar-refractivity contribution is 5.15. The first kappa shape index (κ1) is 22.7. The fourth-order valence-corrected chi connectivity index (χ4v) is 4.52. The molecule has 2 nitrogen and oxygen atoms in total. The first-order valence-corrected chi connectivity index (χ1v) is 11.9.